The molecule has 25 valence electrons. The fourth-order valence-corrected chi connectivity index (χ4v) is 0. The van der Waals surface area contributed by atoms with Crippen molar-refractivity contribution < 1.29 is 37.4 Å². The van der Waals surface area contributed by atoms with Crippen LogP contribution in [0.4, 0.5) is 0 Å². The van der Waals surface area contributed by atoms with Gasteiger partial charge >= 0.3 is 58.0 Å². The fraction of sp³-hybridized carbons (Fsp3) is 1.00. The van der Waals surface area contributed by atoms with Crippen LogP contribution in [0.3, 0.4) is 0 Å². The van der Waals surface area contributed by atoms with Crippen LogP contribution in [-0.2, 0) is 3.74 Å². The summed E-state index contributed by atoms with van der Waals surface area (Å²) in [7, 11) is 0. The van der Waals surface area contributed by atoms with E-state index in [2.05, 4.69) is 0 Å². The Balaban J connectivity index is 0. The summed E-state index contributed by atoms with van der Waals surface area (Å²) < 4.78 is 18.2. The first-order valence-corrected chi connectivity index (χ1v) is 4.22. The summed E-state index contributed by atoms with van der Waals surface area (Å²) in [6, 6.07) is 0. The van der Waals surface area contributed by atoms with E-state index in [9.17, 15) is 0 Å². The first kappa shape index (κ1) is 9.58. The smallest absolute Gasteiger partial charge is 1.00 e. The molecule has 0 saturated carbocycles. The second kappa shape index (κ2) is 5.32. The van der Waals surface area contributed by atoms with Crippen molar-refractivity contribution in [3.8, 4) is 0 Å². The van der Waals surface area contributed by atoms with E-state index in [1.54, 1.807) is 0 Å². The van der Waals surface area contributed by atoms with Gasteiger partial charge in [0.1, 0.15) is 0 Å². The van der Waals surface area contributed by atoms with Gasteiger partial charge in [0.2, 0.25) is 0 Å². The number of hydrogen-bond donors (Lipinski definition) is 0. The zero-order valence-electron chi connectivity index (χ0n) is 3.26. The van der Waals surface area contributed by atoms with Gasteiger partial charge in [0, 0.05) is 0 Å². The topological polar surface area (TPSA) is 40.1 Å². The quantitative estimate of drug-likeness (QED) is 0.325. The molecule has 0 bridgehead atoms. The van der Waals surface area contributed by atoms with Crippen molar-refractivity contribution in [2.45, 2.75) is 5.71 Å². The Morgan fingerprint density at radius 3 is 1.80 bits per heavy atom. The molecule has 1 unspecified atom stereocenters. The summed E-state index contributed by atoms with van der Waals surface area (Å²) in [6.45, 7) is 0. The second-order valence-electron chi connectivity index (χ2n) is 0.440. The zero-order chi connectivity index (χ0) is 3.58. The van der Waals surface area contributed by atoms with Gasteiger partial charge in [0.05, 0.1) is 0 Å². The maximum absolute atomic E-state index is 9.12. The minimum Gasteiger partial charge on any atom is 1.00 e. The van der Waals surface area contributed by atoms with Crippen molar-refractivity contribution in [1.29, 1.82) is 0 Å². The van der Waals surface area contributed by atoms with Crippen LogP contribution >= 0.6 is 0 Å². The summed E-state index contributed by atoms with van der Waals surface area (Å²) in [4.78, 5) is 0. The Morgan fingerprint density at radius 1 is 1.80 bits per heavy atom. The van der Waals surface area contributed by atoms with Crippen LogP contribution in [0.1, 0.15) is 0 Å². The molecule has 1 atom stereocenters. The van der Waals surface area contributed by atoms with Crippen molar-refractivity contribution in [3.05, 3.63) is 0 Å². The Kier molecular flexibility index (Phi) is 10.2. The third-order valence-corrected chi connectivity index (χ3v) is 0. The van der Waals surface area contributed by atoms with E-state index < -0.39 is 14.9 Å². The molecule has 0 aromatic rings. The molecule has 0 saturated heterocycles. The largest absolute Gasteiger partial charge is 1.00 e. The van der Waals surface area contributed by atoms with E-state index in [-0.39, 0.29) is 29.6 Å². The van der Waals surface area contributed by atoms with Crippen LogP contribution in [0.15, 0.2) is 0 Å². The van der Waals surface area contributed by atoms with E-state index in [4.69, 9.17) is 7.84 Å². The maximum atomic E-state index is 9.12. The monoisotopic (exact) mass is 145 g/mol. The van der Waals surface area contributed by atoms with Crippen LogP contribution in [0.5, 0.6) is 0 Å². The third kappa shape index (κ3) is 33.7. The number of hydrogen-bond acceptors (Lipinski definition) is 2. The average molecular weight is 145 g/mol. The standard InChI is InChI=1S/CH3AsO2.Na/c1-2(3)4;/h1H3;/q-1;+1. The van der Waals surface area contributed by atoms with Crippen molar-refractivity contribution >= 4 is 14.9 Å². The van der Waals surface area contributed by atoms with Gasteiger partial charge in [-0.3, -0.25) is 0 Å². The molecule has 0 N–H and O–H groups in total. The summed E-state index contributed by atoms with van der Waals surface area (Å²) >= 11 is -2.69. The van der Waals surface area contributed by atoms with Crippen LogP contribution in [0.2, 0.25) is 5.71 Å². The molecule has 0 aliphatic rings. The SMILES string of the molecule is C[As](=O)[O-].[Na+]. The van der Waals surface area contributed by atoms with Crippen LogP contribution < -0.4 is 33.7 Å². The van der Waals surface area contributed by atoms with Crippen LogP contribution in [0, 0.1) is 0 Å². The molecule has 1 radical (unpaired) electrons. The first-order chi connectivity index (χ1) is 1.73. The third-order valence-electron chi connectivity index (χ3n) is 0. The predicted octanol–water partition coefficient (Wildman–Crippen LogP) is -4.10. The predicted molar refractivity (Wildman–Crippen MR) is 12.3 cm³/mol. The molecule has 0 amide bonds. The summed E-state index contributed by atoms with van der Waals surface area (Å²) in [5, 5.41) is 0. The molecule has 2 nitrogen and oxygen atoms in total. The second-order valence-corrected chi connectivity index (χ2v) is 2.28. The molecule has 0 spiro atoms. The first-order valence-electron chi connectivity index (χ1n) is 0.812. The van der Waals surface area contributed by atoms with E-state index in [1.807, 2.05) is 0 Å². The molecule has 0 rings (SSSR count). The Bertz CT molecular complexity index is 32.6. The molecule has 4 heteroatoms. The van der Waals surface area contributed by atoms with Crippen LogP contribution in [0.25, 0.3) is 0 Å². The van der Waals surface area contributed by atoms with Gasteiger partial charge in [-0.1, -0.05) is 0 Å². The fourth-order valence-electron chi connectivity index (χ4n) is 0. The average Bonchev–Trinajstić information content (AvgIpc) is 0.811. The van der Waals surface area contributed by atoms with Gasteiger partial charge in [-0.15, -0.1) is 0 Å². The summed E-state index contributed by atoms with van der Waals surface area (Å²) in [6.07, 6.45) is 0. The maximum Gasteiger partial charge on any atom is 1.00 e. The minimum atomic E-state index is -2.69. The number of rotatable bonds is 0. The molecule has 0 aromatic carbocycles. The van der Waals surface area contributed by atoms with Gasteiger partial charge in [0.25, 0.3) is 0 Å². The van der Waals surface area contributed by atoms with Gasteiger partial charge in [-0.2, -0.15) is 0 Å². The molecular formula is CH3AsNaO2. The Labute approximate surface area is 57.7 Å². The van der Waals surface area contributed by atoms with Crippen molar-refractivity contribution in [2.24, 2.45) is 0 Å². The minimum absolute atomic E-state index is 0. The molecule has 0 aromatic heterocycles. The molecule has 0 aliphatic carbocycles. The van der Waals surface area contributed by atoms with Crippen LogP contribution in [-0.4, -0.2) is 14.9 Å². The Hall–Kier alpha value is 1.32. The normalized spacial score (nSPS) is 8.80. The molecule has 0 aliphatic heterocycles. The zero-order valence-corrected chi connectivity index (χ0v) is 7.14. The summed E-state index contributed by atoms with van der Waals surface area (Å²) in [5.41, 5.74) is 1.20. The van der Waals surface area contributed by atoms with E-state index in [0.29, 0.717) is 0 Å². The molecule has 0 fully saturated rings. The van der Waals surface area contributed by atoms with E-state index in [1.165, 1.54) is 5.71 Å². The van der Waals surface area contributed by atoms with Gasteiger partial charge in [-0.25, -0.2) is 0 Å². The van der Waals surface area contributed by atoms with E-state index >= 15 is 0 Å². The van der Waals surface area contributed by atoms with Crippen molar-refractivity contribution in [2.75, 3.05) is 0 Å². The molecular weight excluding hydrogens is 142 g/mol. The van der Waals surface area contributed by atoms with Crippen molar-refractivity contribution in [1.82, 2.24) is 0 Å². The van der Waals surface area contributed by atoms with E-state index in [0.717, 1.165) is 0 Å². The van der Waals surface area contributed by atoms with Crippen molar-refractivity contribution in [3.63, 3.8) is 0 Å². The molecule has 0 heterocycles. The Morgan fingerprint density at radius 2 is 1.80 bits per heavy atom. The van der Waals surface area contributed by atoms with Gasteiger partial charge in [0.15, 0.2) is 0 Å². The van der Waals surface area contributed by atoms with Gasteiger partial charge in [-0.05, 0) is 0 Å². The van der Waals surface area contributed by atoms with Gasteiger partial charge < -0.3 is 0 Å². The molecule has 5 heavy (non-hydrogen) atoms. The summed E-state index contributed by atoms with van der Waals surface area (Å²) in [5.74, 6) is 0.